The average Bonchev–Trinajstić information content (AvgIpc) is 3.04. The summed E-state index contributed by atoms with van der Waals surface area (Å²) in [6, 6.07) is 12.8. The molecule has 0 N–H and O–H groups in total. The lowest BCUT2D eigenvalue weighted by molar-refractivity contribution is 0.102. The minimum absolute atomic E-state index is 0.102. The van der Waals surface area contributed by atoms with Gasteiger partial charge in [-0.3, -0.25) is 4.79 Å². The number of halogens is 1. The fourth-order valence-corrected chi connectivity index (χ4v) is 3.15. The number of thioether (sulfide) groups is 1. The number of hydrogen-bond donors (Lipinski definition) is 0. The van der Waals surface area contributed by atoms with E-state index in [-0.39, 0.29) is 24.0 Å². The molecule has 0 saturated carbocycles. The molecule has 140 valence electrons. The van der Waals surface area contributed by atoms with Crippen molar-refractivity contribution in [3.63, 3.8) is 0 Å². The molecule has 0 radical (unpaired) electrons. The van der Waals surface area contributed by atoms with Crippen LogP contribution < -0.4 is 9.47 Å². The summed E-state index contributed by atoms with van der Waals surface area (Å²) in [7, 11) is 3.39. The van der Waals surface area contributed by atoms with Crippen molar-refractivity contribution in [3.8, 4) is 11.5 Å². The quantitative estimate of drug-likeness (QED) is 0.435. The van der Waals surface area contributed by atoms with Crippen molar-refractivity contribution in [1.29, 1.82) is 0 Å². The summed E-state index contributed by atoms with van der Waals surface area (Å²) in [4.78, 5) is 12.2. The zero-order valence-electron chi connectivity index (χ0n) is 14.9. The Bertz CT molecular complexity index is 928. The summed E-state index contributed by atoms with van der Waals surface area (Å²) in [6.45, 7) is 0.219. The van der Waals surface area contributed by atoms with E-state index in [9.17, 15) is 9.18 Å². The molecule has 8 heteroatoms. The predicted octanol–water partition coefficient (Wildman–Crippen LogP) is 3.52. The van der Waals surface area contributed by atoms with Gasteiger partial charge in [0.05, 0.1) is 12.9 Å². The fourth-order valence-electron chi connectivity index (χ4n) is 2.33. The smallest absolute Gasteiger partial charge is 0.191 e. The van der Waals surface area contributed by atoms with E-state index in [0.717, 1.165) is 0 Å². The van der Waals surface area contributed by atoms with Crippen molar-refractivity contribution in [2.24, 2.45) is 7.05 Å². The third kappa shape index (κ3) is 4.65. The van der Waals surface area contributed by atoms with Gasteiger partial charge in [0, 0.05) is 12.6 Å². The van der Waals surface area contributed by atoms with Gasteiger partial charge < -0.3 is 14.0 Å². The Morgan fingerprint density at radius 2 is 1.81 bits per heavy atom. The Kier molecular flexibility index (Phi) is 6.08. The first-order valence-electron chi connectivity index (χ1n) is 8.14. The van der Waals surface area contributed by atoms with Gasteiger partial charge in [0.1, 0.15) is 12.4 Å². The Morgan fingerprint density at radius 1 is 1.11 bits per heavy atom. The van der Waals surface area contributed by atoms with Crippen LogP contribution in [0, 0.1) is 5.82 Å². The first-order valence-corrected chi connectivity index (χ1v) is 9.12. The van der Waals surface area contributed by atoms with Crippen molar-refractivity contribution in [1.82, 2.24) is 14.8 Å². The van der Waals surface area contributed by atoms with Crippen LogP contribution >= 0.6 is 11.8 Å². The molecule has 0 saturated heterocycles. The van der Waals surface area contributed by atoms with Gasteiger partial charge in [-0.1, -0.05) is 23.9 Å². The molecule has 0 aliphatic carbocycles. The van der Waals surface area contributed by atoms with E-state index < -0.39 is 0 Å². The summed E-state index contributed by atoms with van der Waals surface area (Å²) in [5.41, 5.74) is 0.464. The van der Waals surface area contributed by atoms with Crippen LogP contribution in [0.1, 0.15) is 16.2 Å². The molecule has 3 aromatic rings. The molecule has 27 heavy (non-hydrogen) atoms. The standard InChI is InChI=1S/C19H18FN3O3S/c1-23-18(11-26-17-6-4-3-5-16(17)25-2)21-22-19(23)27-12-15(24)13-7-9-14(20)10-8-13/h3-10H,11-12H2,1-2H3. The molecule has 2 aromatic carbocycles. The highest BCUT2D eigenvalue weighted by Crippen LogP contribution is 2.26. The minimum atomic E-state index is -0.368. The maximum Gasteiger partial charge on any atom is 0.191 e. The molecule has 0 bridgehead atoms. The number of carbonyl (C=O) groups is 1. The fraction of sp³-hybridized carbons (Fsp3) is 0.211. The second kappa shape index (κ2) is 8.68. The molecular formula is C19H18FN3O3S. The molecule has 1 heterocycles. The van der Waals surface area contributed by atoms with Gasteiger partial charge in [-0.25, -0.2) is 4.39 Å². The zero-order valence-corrected chi connectivity index (χ0v) is 15.7. The third-order valence-electron chi connectivity index (χ3n) is 3.85. The Hall–Kier alpha value is -2.87. The van der Waals surface area contributed by atoms with Gasteiger partial charge in [0.25, 0.3) is 0 Å². The van der Waals surface area contributed by atoms with Crippen LogP contribution in [0.15, 0.2) is 53.7 Å². The molecule has 3 rings (SSSR count). The summed E-state index contributed by atoms with van der Waals surface area (Å²) >= 11 is 1.27. The molecule has 0 spiro atoms. The molecular weight excluding hydrogens is 369 g/mol. The Balaban J connectivity index is 1.60. The van der Waals surface area contributed by atoms with Gasteiger partial charge >= 0.3 is 0 Å². The highest BCUT2D eigenvalue weighted by molar-refractivity contribution is 7.99. The van der Waals surface area contributed by atoms with Crippen LogP contribution in [0.25, 0.3) is 0 Å². The van der Waals surface area contributed by atoms with E-state index in [1.54, 1.807) is 11.7 Å². The lowest BCUT2D eigenvalue weighted by Crippen LogP contribution is -2.06. The van der Waals surface area contributed by atoms with E-state index in [1.807, 2.05) is 31.3 Å². The predicted molar refractivity (Wildman–Crippen MR) is 99.8 cm³/mol. The van der Waals surface area contributed by atoms with Gasteiger partial charge in [0.15, 0.2) is 28.3 Å². The molecule has 0 amide bonds. The lowest BCUT2D eigenvalue weighted by atomic mass is 10.1. The highest BCUT2D eigenvalue weighted by atomic mass is 32.2. The van der Waals surface area contributed by atoms with E-state index in [1.165, 1.54) is 36.0 Å². The maximum absolute atomic E-state index is 12.9. The zero-order chi connectivity index (χ0) is 19.2. The number of rotatable bonds is 8. The van der Waals surface area contributed by atoms with Crippen LogP contribution in [0.5, 0.6) is 11.5 Å². The maximum atomic E-state index is 12.9. The molecule has 0 aliphatic heterocycles. The number of aromatic nitrogens is 3. The minimum Gasteiger partial charge on any atom is -0.493 e. The van der Waals surface area contributed by atoms with Crippen molar-refractivity contribution >= 4 is 17.5 Å². The number of benzene rings is 2. The number of para-hydroxylation sites is 2. The van der Waals surface area contributed by atoms with E-state index in [2.05, 4.69) is 10.2 Å². The number of hydrogen-bond acceptors (Lipinski definition) is 6. The molecule has 0 unspecified atom stereocenters. The SMILES string of the molecule is COc1ccccc1OCc1nnc(SCC(=O)c2ccc(F)cc2)n1C. The van der Waals surface area contributed by atoms with Gasteiger partial charge in [0.2, 0.25) is 0 Å². The first-order chi connectivity index (χ1) is 13.1. The molecule has 0 fully saturated rings. The number of ketones is 1. The van der Waals surface area contributed by atoms with E-state index in [0.29, 0.717) is 28.0 Å². The number of methoxy groups -OCH3 is 1. The highest BCUT2D eigenvalue weighted by Gasteiger charge is 2.14. The van der Waals surface area contributed by atoms with Crippen molar-refractivity contribution in [3.05, 3.63) is 65.7 Å². The number of nitrogens with zero attached hydrogens (tertiary/aromatic N) is 3. The van der Waals surface area contributed by atoms with Crippen molar-refractivity contribution in [2.45, 2.75) is 11.8 Å². The number of carbonyl (C=O) groups excluding carboxylic acids is 1. The Labute approximate surface area is 160 Å². The summed E-state index contributed by atoms with van der Waals surface area (Å²) < 4.78 is 25.7. The lowest BCUT2D eigenvalue weighted by Gasteiger charge is -2.10. The van der Waals surface area contributed by atoms with Crippen molar-refractivity contribution < 1.29 is 18.7 Å². The summed E-state index contributed by atoms with van der Waals surface area (Å²) in [5.74, 6) is 1.59. The molecule has 0 atom stereocenters. The van der Waals surface area contributed by atoms with E-state index >= 15 is 0 Å². The van der Waals surface area contributed by atoms with Crippen LogP contribution in [-0.4, -0.2) is 33.4 Å². The largest absolute Gasteiger partial charge is 0.493 e. The Morgan fingerprint density at radius 3 is 2.52 bits per heavy atom. The molecule has 1 aromatic heterocycles. The topological polar surface area (TPSA) is 66.2 Å². The van der Waals surface area contributed by atoms with Gasteiger partial charge in [-0.15, -0.1) is 10.2 Å². The van der Waals surface area contributed by atoms with Crippen LogP contribution in [0.3, 0.4) is 0 Å². The van der Waals surface area contributed by atoms with Crippen LogP contribution in [0.4, 0.5) is 4.39 Å². The second-order valence-electron chi connectivity index (χ2n) is 5.62. The molecule has 6 nitrogen and oxygen atoms in total. The third-order valence-corrected chi connectivity index (χ3v) is 4.87. The molecule has 0 aliphatic rings. The van der Waals surface area contributed by atoms with Gasteiger partial charge in [-0.2, -0.15) is 0 Å². The first kappa shape index (κ1) is 18.9. The normalized spacial score (nSPS) is 10.6. The average molecular weight is 387 g/mol. The van der Waals surface area contributed by atoms with Gasteiger partial charge in [-0.05, 0) is 36.4 Å². The van der Waals surface area contributed by atoms with Crippen LogP contribution in [-0.2, 0) is 13.7 Å². The van der Waals surface area contributed by atoms with E-state index in [4.69, 9.17) is 9.47 Å². The van der Waals surface area contributed by atoms with Crippen LogP contribution in [0.2, 0.25) is 0 Å². The summed E-state index contributed by atoms with van der Waals surface area (Å²) in [5, 5.41) is 8.82. The number of ether oxygens (including phenoxy) is 2. The monoisotopic (exact) mass is 387 g/mol. The van der Waals surface area contributed by atoms with Crippen molar-refractivity contribution in [2.75, 3.05) is 12.9 Å². The summed E-state index contributed by atoms with van der Waals surface area (Å²) in [6.07, 6.45) is 0. The second-order valence-corrected chi connectivity index (χ2v) is 6.56. The number of Topliss-reactive ketones (excluding diaryl/α,β-unsaturated/α-hetero) is 1.